The number of benzene rings is 1. The Balaban J connectivity index is 1.55. The second-order valence-electron chi connectivity index (χ2n) is 4.74. The Morgan fingerprint density at radius 1 is 1.24 bits per heavy atom. The van der Waals surface area contributed by atoms with E-state index in [0.29, 0.717) is 0 Å². The van der Waals surface area contributed by atoms with E-state index < -0.39 is 5.97 Å². The van der Waals surface area contributed by atoms with Crippen molar-refractivity contribution in [1.82, 2.24) is 4.90 Å². The minimum atomic E-state index is -0.648. The molecule has 17 heavy (non-hydrogen) atoms. The van der Waals surface area contributed by atoms with Crippen molar-refractivity contribution in [3.8, 4) is 0 Å². The van der Waals surface area contributed by atoms with Gasteiger partial charge in [-0.05, 0) is 31.4 Å². The zero-order valence-corrected chi connectivity index (χ0v) is 10.0. The van der Waals surface area contributed by atoms with Gasteiger partial charge in [-0.15, -0.1) is 0 Å². The fourth-order valence-electron chi connectivity index (χ4n) is 2.22. The summed E-state index contributed by atoms with van der Waals surface area (Å²) in [6, 6.07) is 10.5. The maximum atomic E-state index is 10.6. The predicted molar refractivity (Wildman–Crippen MR) is 66.9 cm³/mol. The minimum absolute atomic E-state index is 0.121. The number of hydrogen-bond acceptors (Lipinski definition) is 2. The number of unbranched alkanes of at least 4 members (excludes halogenated alkanes) is 1. The molecule has 1 N–H and O–H groups in total. The van der Waals surface area contributed by atoms with Crippen LogP contribution in [-0.4, -0.2) is 35.6 Å². The molecule has 1 aliphatic rings. The van der Waals surface area contributed by atoms with Crippen LogP contribution in [0, 0.1) is 5.92 Å². The standard InChI is InChI=1S/C14H19NO2/c16-14(17)13-10-15(11-13)9-5-4-8-12-6-2-1-3-7-12/h1-3,6-7,13H,4-5,8-11H2,(H,16,17). The Bertz CT molecular complexity index is 358. The summed E-state index contributed by atoms with van der Waals surface area (Å²) in [5, 5.41) is 8.74. The third-order valence-electron chi connectivity index (χ3n) is 3.34. The number of carboxylic acids is 1. The van der Waals surface area contributed by atoms with Crippen LogP contribution in [0.3, 0.4) is 0 Å². The molecule has 1 heterocycles. The van der Waals surface area contributed by atoms with Gasteiger partial charge in [0, 0.05) is 13.1 Å². The maximum Gasteiger partial charge on any atom is 0.309 e. The third-order valence-corrected chi connectivity index (χ3v) is 3.34. The molecule has 0 saturated carbocycles. The Morgan fingerprint density at radius 2 is 1.94 bits per heavy atom. The van der Waals surface area contributed by atoms with Gasteiger partial charge >= 0.3 is 5.97 Å². The summed E-state index contributed by atoms with van der Waals surface area (Å²) in [7, 11) is 0. The van der Waals surface area contributed by atoms with Gasteiger partial charge in [0.05, 0.1) is 5.92 Å². The number of likely N-dealkylation sites (tertiary alicyclic amines) is 1. The highest BCUT2D eigenvalue weighted by atomic mass is 16.4. The highest BCUT2D eigenvalue weighted by Crippen LogP contribution is 2.16. The summed E-state index contributed by atoms with van der Waals surface area (Å²) in [4.78, 5) is 12.8. The third kappa shape index (κ3) is 3.56. The SMILES string of the molecule is O=C(O)C1CN(CCCCc2ccccc2)C1. The highest BCUT2D eigenvalue weighted by molar-refractivity contribution is 5.71. The predicted octanol–water partition coefficient (Wildman–Crippen LogP) is 2.03. The molecule has 0 aromatic heterocycles. The number of rotatable bonds is 6. The largest absolute Gasteiger partial charge is 0.481 e. The van der Waals surface area contributed by atoms with Crippen molar-refractivity contribution < 1.29 is 9.90 Å². The zero-order valence-electron chi connectivity index (χ0n) is 10.0. The second-order valence-corrected chi connectivity index (χ2v) is 4.74. The lowest BCUT2D eigenvalue weighted by Crippen LogP contribution is -2.50. The number of aryl methyl sites for hydroxylation is 1. The number of carbonyl (C=O) groups is 1. The lowest BCUT2D eigenvalue weighted by molar-refractivity contribution is -0.147. The van der Waals surface area contributed by atoms with Gasteiger partial charge in [-0.25, -0.2) is 0 Å². The maximum absolute atomic E-state index is 10.6. The van der Waals surface area contributed by atoms with Gasteiger partial charge < -0.3 is 10.0 Å². The van der Waals surface area contributed by atoms with E-state index in [1.165, 1.54) is 12.0 Å². The van der Waals surface area contributed by atoms with Crippen molar-refractivity contribution in [3.63, 3.8) is 0 Å². The number of carboxylic acid groups (broad SMARTS) is 1. The Labute approximate surface area is 102 Å². The molecule has 0 atom stereocenters. The fraction of sp³-hybridized carbons (Fsp3) is 0.500. The van der Waals surface area contributed by atoms with Gasteiger partial charge in [-0.2, -0.15) is 0 Å². The van der Waals surface area contributed by atoms with Crippen LogP contribution in [0.5, 0.6) is 0 Å². The van der Waals surface area contributed by atoms with Crippen molar-refractivity contribution in [2.45, 2.75) is 19.3 Å². The zero-order chi connectivity index (χ0) is 12.1. The van der Waals surface area contributed by atoms with Crippen LogP contribution in [0.25, 0.3) is 0 Å². The Hall–Kier alpha value is -1.35. The van der Waals surface area contributed by atoms with E-state index in [-0.39, 0.29) is 5.92 Å². The summed E-state index contributed by atoms with van der Waals surface area (Å²) in [5.74, 6) is -0.769. The molecule has 1 aromatic rings. The van der Waals surface area contributed by atoms with Crippen molar-refractivity contribution in [3.05, 3.63) is 35.9 Å². The average molecular weight is 233 g/mol. The molecular weight excluding hydrogens is 214 g/mol. The number of nitrogens with zero attached hydrogens (tertiary/aromatic N) is 1. The molecule has 0 aliphatic carbocycles. The average Bonchev–Trinajstić information content (AvgIpc) is 2.27. The molecule has 92 valence electrons. The van der Waals surface area contributed by atoms with E-state index in [2.05, 4.69) is 29.2 Å². The smallest absolute Gasteiger partial charge is 0.309 e. The van der Waals surface area contributed by atoms with Gasteiger partial charge in [0.2, 0.25) is 0 Å². The van der Waals surface area contributed by atoms with Gasteiger partial charge in [0.1, 0.15) is 0 Å². The van der Waals surface area contributed by atoms with Gasteiger partial charge in [-0.1, -0.05) is 30.3 Å². The van der Waals surface area contributed by atoms with E-state index >= 15 is 0 Å². The second kappa shape index (κ2) is 5.82. The Kier molecular flexibility index (Phi) is 4.15. The van der Waals surface area contributed by atoms with Crippen molar-refractivity contribution in [2.24, 2.45) is 5.92 Å². The van der Waals surface area contributed by atoms with E-state index in [1.54, 1.807) is 0 Å². The monoisotopic (exact) mass is 233 g/mol. The molecule has 1 aliphatic heterocycles. The lowest BCUT2D eigenvalue weighted by Gasteiger charge is -2.36. The molecule has 3 nitrogen and oxygen atoms in total. The first kappa shape index (κ1) is 12.1. The first-order valence-electron chi connectivity index (χ1n) is 6.25. The normalized spacial score (nSPS) is 16.7. The van der Waals surface area contributed by atoms with Crippen LogP contribution < -0.4 is 0 Å². The first-order chi connectivity index (χ1) is 8.25. The molecule has 1 aromatic carbocycles. The molecule has 3 heteroatoms. The summed E-state index contributed by atoms with van der Waals surface area (Å²) in [6.07, 6.45) is 3.45. The Morgan fingerprint density at radius 3 is 2.59 bits per heavy atom. The summed E-state index contributed by atoms with van der Waals surface area (Å²) < 4.78 is 0. The van der Waals surface area contributed by atoms with Crippen LogP contribution in [0.2, 0.25) is 0 Å². The summed E-state index contributed by atoms with van der Waals surface area (Å²) in [5.41, 5.74) is 1.39. The van der Waals surface area contributed by atoms with E-state index in [9.17, 15) is 4.79 Å². The quantitative estimate of drug-likeness (QED) is 0.764. The molecule has 1 fully saturated rings. The lowest BCUT2D eigenvalue weighted by atomic mass is 10.00. The molecule has 0 spiro atoms. The van der Waals surface area contributed by atoms with E-state index in [4.69, 9.17) is 5.11 Å². The molecule has 0 amide bonds. The highest BCUT2D eigenvalue weighted by Gasteiger charge is 2.31. The van der Waals surface area contributed by atoms with Gasteiger partial charge in [-0.3, -0.25) is 4.79 Å². The summed E-state index contributed by atoms with van der Waals surface area (Å²) >= 11 is 0. The topological polar surface area (TPSA) is 40.5 Å². The minimum Gasteiger partial charge on any atom is -0.481 e. The molecular formula is C14H19NO2. The van der Waals surface area contributed by atoms with Crippen LogP contribution in [0.4, 0.5) is 0 Å². The van der Waals surface area contributed by atoms with Crippen LogP contribution in [0.1, 0.15) is 18.4 Å². The van der Waals surface area contributed by atoms with Crippen LogP contribution >= 0.6 is 0 Å². The summed E-state index contributed by atoms with van der Waals surface area (Å²) in [6.45, 7) is 2.51. The molecule has 2 rings (SSSR count). The van der Waals surface area contributed by atoms with Crippen molar-refractivity contribution in [1.29, 1.82) is 0 Å². The molecule has 1 saturated heterocycles. The molecule has 0 bridgehead atoms. The van der Waals surface area contributed by atoms with Crippen molar-refractivity contribution >= 4 is 5.97 Å². The van der Waals surface area contributed by atoms with Gasteiger partial charge in [0.15, 0.2) is 0 Å². The van der Waals surface area contributed by atoms with Crippen LogP contribution in [0.15, 0.2) is 30.3 Å². The fourth-order valence-corrected chi connectivity index (χ4v) is 2.22. The van der Waals surface area contributed by atoms with E-state index in [0.717, 1.165) is 32.5 Å². The first-order valence-corrected chi connectivity index (χ1v) is 6.25. The molecule has 0 unspecified atom stereocenters. The molecule has 0 radical (unpaired) electrons. The number of hydrogen-bond donors (Lipinski definition) is 1. The number of aliphatic carboxylic acids is 1. The van der Waals surface area contributed by atoms with Crippen LogP contribution in [-0.2, 0) is 11.2 Å². The van der Waals surface area contributed by atoms with Gasteiger partial charge in [0.25, 0.3) is 0 Å². The van der Waals surface area contributed by atoms with E-state index in [1.807, 2.05) is 6.07 Å². The van der Waals surface area contributed by atoms with Crippen molar-refractivity contribution in [2.75, 3.05) is 19.6 Å².